The van der Waals surface area contributed by atoms with Crippen LogP contribution >= 0.6 is 0 Å². The first kappa shape index (κ1) is 15.5. The third-order valence-corrected chi connectivity index (χ3v) is 5.28. The van der Waals surface area contributed by atoms with Crippen molar-refractivity contribution in [3.8, 4) is 0 Å². The Morgan fingerprint density at radius 1 is 1.10 bits per heavy atom. The highest BCUT2D eigenvalue weighted by molar-refractivity contribution is 5.35. The summed E-state index contributed by atoms with van der Waals surface area (Å²) in [5, 5.41) is 0. The Hall–Kier alpha value is -1.86. The monoisotopic (exact) mass is 289 g/mol. The molecule has 0 aliphatic heterocycles. The summed E-state index contributed by atoms with van der Waals surface area (Å²) in [5.74, 6) is 0.996. The molecule has 0 aromatic heterocycles. The maximum absolute atomic E-state index is 10.6. The Morgan fingerprint density at radius 2 is 1.86 bits per heavy atom. The van der Waals surface area contributed by atoms with Crippen molar-refractivity contribution < 1.29 is 14.4 Å². The summed E-state index contributed by atoms with van der Waals surface area (Å²) in [4.78, 5) is 42.4. The van der Waals surface area contributed by atoms with Crippen LogP contribution in [0, 0.1) is 23.2 Å². The Balaban J connectivity index is 2.13. The van der Waals surface area contributed by atoms with Gasteiger partial charge in [-0.1, -0.05) is 6.92 Å². The average molecular weight is 289 g/mol. The zero-order chi connectivity index (χ0) is 15.3. The summed E-state index contributed by atoms with van der Waals surface area (Å²) in [6.45, 7) is 3.14. The summed E-state index contributed by atoms with van der Waals surface area (Å²) in [6.07, 6.45) is 8.41. The molecule has 0 N–H and O–H groups in total. The number of rotatable bonds is 7. The van der Waals surface area contributed by atoms with Crippen molar-refractivity contribution in [1.29, 1.82) is 0 Å². The molecule has 0 spiro atoms. The maximum Gasteiger partial charge on any atom is 0.235 e. The Labute approximate surface area is 123 Å². The van der Waals surface area contributed by atoms with Gasteiger partial charge in [0.15, 0.2) is 0 Å². The van der Waals surface area contributed by atoms with E-state index in [1.54, 1.807) is 18.2 Å². The van der Waals surface area contributed by atoms with Crippen LogP contribution in [0.3, 0.4) is 0 Å². The SMILES string of the molecule is CC12CC(N=C=O)C(C1)C(CCCN=C=O)C2CN=C=O. The molecule has 0 saturated heterocycles. The molecular weight excluding hydrogens is 270 g/mol. The van der Waals surface area contributed by atoms with Crippen molar-refractivity contribution in [1.82, 2.24) is 0 Å². The van der Waals surface area contributed by atoms with Crippen LogP contribution in [0.1, 0.15) is 32.6 Å². The second-order valence-corrected chi connectivity index (χ2v) is 6.33. The molecule has 5 atom stereocenters. The molecule has 2 saturated carbocycles. The predicted molar refractivity (Wildman–Crippen MR) is 74.9 cm³/mol. The third kappa shape index (κ3) is 3.08. The molecule has 0 heterocycles. The molecule has 2 aliphatic carbocycles. The number of carbonyl (C=O) groups excluding carboxylic acids is 3. The number of hydrogen-bond acceptors (Lipinski definition) is 6. The van der Waals surface area contributed by atoms with Gasteiger partial charge < -0.3 is 0 Å². The average Bonchev–Trinajstić information content (AvgIpc) is 2.92. The van der Waals surface area contributed by atoms with Crippen LogP contribution in [-0.4, -0.2) is 37.4 Å². The van der Waals surface area contributed by atoms with Gasteiger partial charge in [0.2, 0.25) is 18.2 Å². The number of nitrogens with zero attached hydrogens (tertiary/aromatic N) is 3. The summed E-state index contributed by atoms with van der Waals surface area (Å²) in [5.41, 5.74) is 0.0641. The predicted octanol–water partition coefficient (Wildman–Crippen LogP) is 1.80. The van der Waals surface area contributed by atoms with E-state index in [0.717, 1.165) is 25.7 Å². The highest BCUT2D eigenvalue weighted by Crippen LogP contribution is 2.62. The fraction of sp³-hybridized carbons (Fsp3) is 0.800. The van der Waals surface area contributed by atoms with Gasteiger partial charge in [-0.15, -0.1) is 0 Å². The van der Waals surface area contributed by atoms with Crippen LogP contribution < -0.4 is 0 Å². The van der Waals surface area contributed by atoms with Crippen LogP contribution in [0.2, 0.25) is 0 Å². The van der Waals surface area contributed by atoms with E-state index >= 15 is 0 Å². The first-order valence-corrected chi connectivity index (χ1v) is 7.30. The molecule has 0 radical (unpaired) electrons. The Bertz CT molecular complexity index is 530. The zero-order valence-electron chi connectivity index (χ0n) is 12.1. The van der Waals surface area contributed by atoms with E-state index in [9.17, 15) is 14.4 Å². The van der Waals surface area contributed by atoms with Gasteiger partial charge in [-0.25, -0.2) is 29.4 Å². The summed E-state index contributed by atoms with van der Waals surface area (Å²) < 4.78 is 0. The minimum absolute atomic E-state index is 0.0310. The molecular formula is C15H19N3O3. The highest BCUT2D eigenvalue weighted by atomic mass is 16.1. The van der Waals surface area contributed by atoms with E-state index in [1.807, 2.05) is 0 Å². The van der Waals surface area contributed by atoms with E-state index in [2.05, 4.69) is 21.9 Å². The van der Waals surface area contributed by atoms with E-state index in [4.69, 9.17) is 0 Å². The lowest BCUT2D eigenvalue weighted by atomic mass is 9.68. The molecule has 2 fully saturated rings. The molecule has 2 rings (SSSR count). The minimum Gasteiger partial charge on any atom is -0.211 e. The number of aliphatic imine (C=N–C) groups is 3. The van der Waals surface area contributed by atoms with Gasteiger partial charge in [-0.3, -0.25) is 0 Å². The van der Waals surface area contributed by atoms with Gasteiger partial charge >= 0.3 is 0 Å². The molecule has 112 valence electrons. The van der Waals surface area contributed by atoms with Crippen molar-refractivity contribution in [3.63, 3.8) is 0 Å². The number of hydrogen-bond donors (Lipinski definition) is 0. The second kappa shape index (κ2) is 6.73. The van der Waals surface area contributed by atoms with Crippen molar-refractivity contribution in [2.75, 3.05) is 13.1 Å². The quantitative estimate of drug-likeness (QED) is 0.406. The van der Waals surface area contributed by atoms with Crippen LogP contribution in [0.25, 0.3) is 0 Å². The molecule has 0 amide bonds. The van der Waals surface area contributed by atoms with E-state index < -0.39 is 0 Å². The van der Waals surface area contributed by atoms with E-state index in [0.29, 0.717) is 30.8 Å². The lowest BCUT2D eigenvalue weighted by Crippen LogP contribution is -2.36. The van der Waals surface area contributed by atoms with Gasteiger partial charge in [0, 0.05) is 0 Å². The zero-order valence-corrected chi connectivity index (χ0v) is 12.1. The molecule has 0 aromatic rings. The second-order valence-electron chi connectivity index (χ2n) is 6.33. The van der Waals surface area contributed by atoms with Crippen molar-refractivity contribution in [2.45, 2.75) is 38.6 Å². The van der Waals surface area contributed by atoms with Gasteiger partial charge in [-0.2, -0.15) is 0 Å². The van der Waals surface area contributed by atoms with E-state index in [-0.39, 0.29) is 11.5 Å². The summed E-state index contributed by atoms with van der Waals surface area (Å²) in [6, 6.07) is 0.0310. The number of fused-ring (bicyclic) bond motifs is 2. The van der Waals surface area contributed by atoms with Crippen molar-refractivity contribution in [2.24, 2.45) is 38.1 Å². The minimum atomic E-state index is 0.0310. The van der Waals surface area contributed by atoms with Crippen LogP contribution in [0.4, 0.5) is 0 Å². The molecule has 6 heteroatoms. The fourth-order valence-electron chi connectivity index (χ4n) is 4.51. The molecule has 0 aromatic carbocycles. The lowest BCUT2D eigenvalue weighted by molar-refractivity contribution is 0.131. The largest absolute Gasteiger partial charge is 0.235 e. The van der Waals surface area contributed by atoms with Gasteiger partial charge in [0.25, 0.3) is 0 Å². The van der Waals surface area contributed by atoms with Crippen molar-refractivity contribution in [3.05, 3.63) is 0 Å². The lowest BCUT2D eigenvalue weighted by Gasteiger charge is -2.38. The molecule has 6 nitrogen and oxygen atoms in total. The molecule has 21 heavy (non-hydrogen) atoms. The van der Waals surface area contributed by atoms with Crippen LogP contribution in [0.15, 0.2) is 15.0 Å². The molecule has 5 unspecified atom stereocenters. The first-order chi connectivity index (χ1) is 10.2. The molecule has 2 aliphatic rings. The fourth-order valence-corrected chi connectivity index (χ4v) is 4.51. The van der Waals surface area contributed by atoms with Gasteiger partial charge in [0.1, 0.15) is 0 Å². The summed E-state index contributed by atoms with van der Waals surface area (Å²) in [7, 11) is 0. The van der Waals surface area contributed by atoms with Gasteiger partial charge in [0.05, 0.1) is 19.1 Å². The standard InChI is InChI=1S/C15H19N3O3/c1-15-5-12(14(6-15)18-10-21)11(3-2-4-16-8-19)13(15)7-17-9-20/h11-14H,2-7H2,1H3. The third-order valence-electron chi connectivity index (χ3n) is 5.28. The Morgan fingerprint density at radius 3 is 2.52 bits per heavy atom. The Kier molecular flexibility index (Phi) is 4.98. The smallest absolute Gasteiger partial charge is 0.211 e. The molecule has 2 bridgehead atoms. The van der Waals surface area contributed by atoms with Crippen LogP contribution in [0.5, 0.6) is 0 Å². The topological polar surface area (TPSA) is 88.3 Å². The summed E-state index contributed by atoms with van der Waals surface area (Å²) >= 11 is 0. The maximum atomic E-state index is 10.6. The van der Waals surface area contributed by atoms with Crippen molar-refractivity contribution >= 4 is 18.2 Å². The van der Waals surface area contributed by atoms with Gasteiger partial charge in [-0.05, 0) is 48.9 Å². The first-order valence-electron chi connectivity index (χ1n) is 7.30. The van der Waals surface area contributed by atoms with E-state index in [1.165, 1.54) is 0 Å². The normalized spacial score (nSPS) is 36.4. The highest BCUT2D eigenvalue weighted by Gasteiger charge is 2.58. The van der Waals surface area contributed by atoms with Crippen LogP contribution in [-0.2, 0) is 14.4 Å². The number of isocyanates is 3.